The van der Waals surface area contributed by atoms with Crippen molar-refractivity contribution in [1.82, 2.24) is 0 Å². The number of allylic oxidation sites excluding steroid dienone is 1. The average Bonchev–Trinajstić information content (AvgIpc) is 2.62. The van der Waals surface area contributed by atoms with E-state index in [9.17, 15) is 4.79 Å². The molecule has 0 radical (unpaired) electrons. The summed E-state index contributed by atoms with van der Waals surface area (Å²) in [5.41, 5.74) is 3.07. The van der Waals surface area contributed by atoms with Crippen LogP contribution < -0.4 is 0 Å². The van der Waals surface area contributed by atoms with Crippen molar-refractivity contribution in [2.24, 2.45) is 0 Å². The lowest BCUT2D eigenvalue weighted by Gasteiger charge is -2.01. The summed E-state index contributed by atoms with van der Waals surface area (Å²) in [5.74, 6) is 0.237. The molecule has 1 aliphatic rings. The Kier molecular flexibility index (Phi) is 2.64. The number of ketones is 1. The Bertz CT molecular complexity index is 466. The fourth-order valence-corrected chi connectivity index (χ4v) is 1.91. The lowest BCUT2D eigenvalue weighted by molar-refractivity contribution is 0.0994. The average molecular weight is 197 g/mol. The van der Waals surface area contributed by atoms with Crippen molar-refractivity contribution in [3.63, 3.8) is 0 Å². The number of hydrogen-bond acceptors (Lipinski definition) is 2. The standard InChI is InChI=1S/C13H11NO/c14-9-2-1-4-10-5-3-6-12-11(10)7-8-13(12)15/h1,3-6H,2,7-8H2. The smallest absolute Gasteiger partial charge is 0.163 e. The van der Waals surface area contributed by atoms with Gasteiger partial charge in [0.25, 0.3) is 0 Å². The molecule has 0 atom stereocenters. The summed E-state index contributed by atoms with van der Waals surface area (Å²) in [7, 11) is 0. The lowest BCUT2D eigenvalue weighted by atomic mass is 10.0. The quantitative estimate of drug-likeness (QED) is 0.731. The van der Waals surface area contributed by atoms with E-state index in [0.717, 1.165) is 23.1 Å². The van der Waals surface area contributed by atoms with E-state index in [0.29, 0.717) is 12.8 Å². The van der Waals surface area contributed by atoms with Crippen LogP contribution in [0.4, 0.5) is 0 Å². The second-order valence-electron chi connectivity index (χ2n) is 3.56. The van der Waals surface area contributed by atoms with Crippen molar-refractivity contribution in [2.75, 3.05) is 0 Å². The van der Waals surface area contributed by atoms with Crippen LogP contribution in [0.1, 0.15) is 34.3 Å². The van der Waals surface area contributed by atoms with E-state index in [1.165, 1.54) is 0 Å². The summed E-state index contributed by atoms with van der Waals surface area (Å²) in [6.45, 7) is 0. The molecule has 0 bridgehead atoms. The normalized spacial score (nSPS) is 14.2. The minimum Gasteiger partial charge on any atom is -0.294 e. The first-order chi connectivity index (χ1) is 7.33. The highest BCUT2D eigenvalue weighted by Gasteiger charge is 2.20. The number of Topliss-reactive ketones (excluding diaryl/α,β-unsaturated/α-hetero) is 1. The van der Waals surface area contributed by atoms with E-state index < -0.39 is 0 Å². The minimum absolute atomic E-state index is 0.237. The Labute approximate surface area is 88.8 Å². The van der Waals surface area contributed by atoms with Gasteiger partial charge in [-0.15, -0.1) is 0 Å². The van der Waals surface area contributed by atoms with Gasteiger partial charge in [0.1, 0.15) is 0 Å². The second kappa shape index (κ2) is 4.10. The van der Waals surface area contributed by atoms with Gasteiger partial charge in [0.15, 0.2) is 5.78 Å². The van der Waals surface area contributed by atoms with E-state index in [4.69, 9.17) is 5.26 Å². The van der Waals surface area contributed by atoms with Crippen LogP contribution in [0.5, 0.6) is 0 Å². The molecule has 1 aromatic rings. The van der Waals surface area contributed by atoms with Crippen LogP contribution in [-0.4, -0.2) is 5.78 Å². The highest BCUT2D eigenvalue weighted by Crippen LogP contribution is 2.26. The predicted molar refractivity (Wildman–Crippen MR) is 58.4 cm³/mol. The SMILES string of the molecule is N#CCC=Cc1cccc2c1CCC2=O. The number of nitrogens with zero attached hydrogens (tertiary/aromatic N) is 1. The summed E-state index contributed by atoms with van der Waals surface area (Å²) in [5, 5.41) is 8.42. The number of benzene rings is 1. The van der Waals surface area contributed by atoms with Crippen LogP contribution in [0.15, 0.2) is 24.3 Å². The molecule has 0 N–H and O–H groups in total. The largest absolute Gasteiger partial charge is 0.294 e. The van der Waals surface area contributed by atoms with Crippen molar-refractivity contribution in [1.29, 1.82) is 5.26 Å². The molecule has 0 fully saturated rings. The fraction of sp³-hybridized carbons (Fsp3) is 0.231. The van der Waals surface area contributed by atoms with Gasteiger partial charge in [0.2, 0.25) is 0 Å². The van der Waals surface area contributed by atoms with Gasteiger partial charge in [-0.1, -0.05) is 30.4 Å². The summed E-state index contributed by atoms with van der Waals surface area (Å²) < 4.78 is 0. The van der Waals surface area contributed by atoms with Crippen LogP contribution >= 0.6 is 0 Å². The molecule has 0 aromatic heterocycles. The van der Waals surface area contributed by atoms with Gasteiger partial charge in [-0.25, -0.2) is 0 Å². The van der Waals surface area contributed by atoms with Crippen LogP contribution in [0.2, 0.25) is 0 Å². The van der Waals surface area contributed by atoms with Crippen molar-refractivity contribution >= 4 is 11.9 Å². The number of nitriles is 1. The monoisotopic (exact) mass is 197 g/mol. The number of carbonyl (C=O) groups excluding carboxylic acids is 1. The first kappa shape index (κ1) is 9.67. The molecule has 74 valence electrons. The maximum Gasteiger partial charge on any atom is 0.163 e. The van der Waals surface area contributed by atoms with E-state index in [-0.39, 0.29) is 5.78 Å². The van der Waals surface area contributed by atoms with E-state index in [1.54, 1.807) is 0 Å². The molecule has 1 aliphatic carbocycles. The van der Waals surface area contributed by atoms with Crippen LogP contribution in [-0.2, 0) is 6.42 Å². The van der Waals surface area contributed by atoms with Crippen molar-refractivity contribution < 1.29 is 4.79 Å². The molecule has 1 aromatic carbocycles. The zero-order valence-electron chi connectivity index (χ0n) is 8.36. The fourth-order valence-electron chi connectivity index (χ4n) is 1.91. The molecule has 0 aliphatic heterocycles. The van der Waals surface area contributed by atoms with Gasteiger partial charge in [-0.05, 0) is 17.5 Å². The Hall–Kier alpha value is -1.88. The Morgan fingerprint density at radius 2 is 2.27 bits per heavy atom. The minimum atomic E-state index is 0.237. The molecule has 2 nitrogen and oxygen atoms in total. The summed E-state index contributed by atoms with van der Waals surface area (Å²) in [6, 6.07) is 7.83. The first-order valence-electron chi connectivity index (χ1n) is 5.01. The van der Waals surface area contributed by atoms with Gasteiger partial charge in [0.05, 0.1) is 12.5 Å². The third-order valence-corrected chi connectivity index (χ3v) is 2.62. The predicted octanol–water partition coefficient (Wildman–Crippen LogP) is 2.74. The highest BCUT2D eigenvalue weighted by atomic mass is 16.1. The van der Waals surface area contributed by atoms with E-state index >= 15 is 0 Å². The Balaban J connectivity index is 2.35. The van der Waals surface area contributed by atoms with Gasteiger partial charge < -0.3 is 0 Å². The Morgan fingerprint density at radius 3 is 3.07 bits per heavy atom. The van der Waals surface area contributed by atoms with Gasteiger partial charge >= 0.3 is 0 Å². The second-order valence-corrected chi connectivity index (χ2v) is 3.56. The van der Waals surface area contributed by atoms with Gasteiger partial charge in [0, 0.05) is 12.0 Å². The molecule has 2 heteroatoms. The number of rotatable bonds is 2. The topological polar surface area (TPSA) is 40.9 Å². The maximum atomic E-state index is 11.5. The zero-order chi connectivity index (χ0) is 10.7. The van der Waals surface area contributed by atoms with Gasteiger partial charge in [-0.2, -0.15) is 5.26 Å². The molecular formula is C13H11NO. The molecule has 0 heterocycles. The summed E-state index contributed by atoms with van der Waals surface area (Å²) >= 11 is 0. The van der Waals surface area contributed by atoms with Crippen molar-refractivity contribution in [2.45, 2.75) is 19.3 Å². The molecule has 0 amide bonds. The number of fused-ring (bicyclic) bond motifs is 1. The highest BCUT2D eigenvalue weighted by molar-refractivity contribution is 6.01. The molecular weight excluding hydrogens is 186 g/mol. The summed E-state index contributed by atoms with van der Waals surface area (Å²) in [6.07, 6.45) is 5.64. The van der Waals surface area contributed by atoms with Gasteiger partial charge in [-0.3, -0.25) is 4.79 Å². The first-order valence-corrected chi connectivity index (χ1v) is 5.01. The van der Waals surface area contributed by atoms with E-state index in [2.05, 4.69) is 6.07 Å². The molecule has 15 heavy (non-hydrogen) atoms. The maximum absolute atomic E-state index is 11.5. The lowest BCUT2D eigenvalue weighted by Crippen LogP contribution is -1.91. The molecule has 0 saturated carbocycles. The van der Waals surface area contributed by atoms with Crippen LogP contribution in [0.3, 0.4) is 0 Å². The molecule has 0 unspecified atom stereocenters. The van der Waals surface area contributed by atoms with Crippen molar-refractivity contribution in [3.05, 3.63) is 41.0 Å². The summed E-state index contributed by atoms with van der Waals surface area (Å²) in [4.78, 5) is 11.5. The van der Waals surface area contributed by atoms with Crippen LogP contribution in [0, 0.1) is 11.3 Å². The number of hydrogen-bond donors (Lipinski definition) is 0. The molecule has 2 rings (SSSR count). The van der Waals surface area contributed by atoms with E-state index in [1.807, 2.05) is 30.4 Å². The third-order valence-electron chi connectivity index (χ3n) is 2.62. The molecule has 0 saturated heterocycles. The number of carbonyl (C=O) groups is 1. The van der Waals surface area contributed by atoms with Crippen LogP contribution in [0.25, 0.3) is 6.08 Å². The van der Waals surface area contributed by atoms with Crippen molar-refractivity contribution in [3.8, 4) is 6.07 Å². The molecule has 0 spiro atoms. The zero-order valence-corrected chi connectivity index (χ0v) is 8.36. The third kappa shape index (κ3) is 1.82. The Morgan fingerprint density at radius 1 is 1.40 bits per heavy atom.